The molecule has 1 atom stereocenters. The van der Waals surface area contributed by atoms with Crippen LogP contribution in [0.25, 0.3) is 0 Å². The van der Waals surface area contributed by atoms with Crippen LogP contribution in [-0.2, 0) is 20.7 Å². The van der Waals surface area contributed by atoms with E-state index >= 15 is 0 Å². The second-order valence-corrected chi connectivity index (χ2v) is 6.55. The van der Waals surface area contributed by atoms with E-state index in [4.69, 9.17) is 27.9 Å². The third-order valence-corrected chi connectivity index (χ3v) is 4.33. The van der Waals surface area contributed by atoms with Crippen LogP contribution in [0.3, 0.4) is 0 Å². The highest BCUT2D eigenvalue weighted by Crippen LogP contribution is 2.39. The number of nitriles is 1. The number of esters is 1. The number of hydrogen-bond donors (Lipinski definition) is 1. The molecule has 5 nitrogen and oxygen atoms in total. The first kappa shape index (κ1) is 17.6. The van der Waals surface area contributed by atoms with E-state index in [1.165, 1.54) is 6.07 Å². The Balaban J connectivity index is 1.82. The van der Waals surface area contributed by atoms with E-state index in [0.29, 0.717) is 15.6 Å². The van der Waals surface area contributed by atoms with Crippen LogP contribution >= 0.6 is 23.2 Å². The Morgan fingerprint density at radius 2 is 2.13 bits per heavy atom. The van der Waals surface area contributed by atoms with Crippen molar-refractivity contribution in [3.8, 4) is 6.07 Å². The molecular formula is C16H16Cl2N2O3. The largest absolute Gasteiger partial charge is 0.455 e. The van der Waals surface area contributed by atoms with Gasteiger partial charge in [0.1, 0.15) is 5.54 Å². The van der Waals surface area contributed by atoms with E-state index in [1.807, 2.05) is 0 Å². The van der Waals surface area contributed by atoms with Gasteiger partial charge in [-0.25, -0.2) is 0 Å². The molecule has 1 aliphatic carbocycles. The smallest absolute Gasteiger partial charge is 0.310 e. The van der Waals surface area contributed by atoms with Crippen molar-refractivity contribution in [3.05, 3.63) is 33.8 Å². The van der Waals surface area contributed by atoms with Gasteiger partial charge < -0.3 is 10.1 Å². The fraction of sp³-hybridized carbons (Fsp3) is 0.438. The second kappa shape index (κ2) is 7.20. The van der Waals surface area contributed by atoms with Gasteiger partial charge in [0.15, 0.2) is 6.61 Å². The average Bonchev–Trinajstić information content (AvgIpc) is 3.33. The third kappa shape index (κ3) is 4.85. The van der Waals surface area contributed by atoms with Crippen LogP contribution in [0.1, 0.15) is 25.3 Å². The molecule has 1 saturated carbocycles. The van der Waals surface area contributed by atoms with Crippen LogP contribution in [0, 0.1) is 17.2 Å². The molecule has 1 aromatic rings. The molecule has 1 N–H and O–H groups in total. The topological polar surface area (TPSA) is 79.2 Å². The van der Waals surface area contributed by atoms with Crippen LogP contribution in [0.5, 0.6) is 0 Å². The van der Waals surface area contributed by atoms with Crippen LogP contribution in [0.15, 0.2) is 18.2 Å². The van der Waals surface area contributed by atoms with E-state index in [0.717, 1.165) is 12.8 Å². The average molecular weight is 355 g/mol. The molecule has 2 rings (SSSR count). The maximum Gasteiger partial charge on any atom is 0.310 e. The Morgan fingerprint density at radius 3 is 2.70 bits per heavy atom. The second-order valence-electron chi connectivity index (χ2n) is 5.71. The molecule has 0 saturated heterocycles. The number of nitrogens with one attached hydrogen (secondary N) is 1. The van der Waals surface area contributed by atoms with Crippen molar-refractivity contribution in [1.82, 2.24) is 5.32 Å². The number of nitrogens with zero attached hydrogens (tertiary/aromatic N) is 1. The predicted octanol–water partition coefficient (Wildman–Crippen LogP) is 2.89. The molecule has 1 amide bonds. The first-order chi connectivity index (χ1) is 10.8. The van der Waals surface area contributed by atoms with Gasteiger partial charge in [0, 0.05) is 10.0 Å². The van der Waals surface area contributed by atoms with Gasteiger partial charge in [-0.3, -0.25) is 9.59 Å². The number of rotatable bonds is 6. The summed E-state index contributed by atoms with van der Waals surface area (Å²) in [6.07, 6.45) is 1.78. The molecule has 0 spiro atoms. The Kier molecular flexibility index (Phi) is 5.51. The first-order valence-corrected chi connectivity index (χ1v) is 7.91. The summed E-state index contributed by atoms with van der Waals surface area (Å²) in [7, 11) is 0. The summed E-state index contributed by atoms with van der Waals surface area (Å²) >= 11 is 11.8. The summed E-state index contributed by atoms with van der Waals surface area (Å²) in [5, 5.41) is 12.6. The van der Waals surface area contributed by atoms with Crippen LogP contribution < -0.4 is 5.32 Å². The van der Waals surface area contributed by atoms with Gasteiger partial charge in [-0.2, -0.15) is 5.26 Å². The fourth-order valence-electron chi connectivity index (χ4n) is 2.23. The van der Waals surface area contributed by atoms with Gasteiger partial charge >= 0.3 is 5.97 Å². The highest BCUT2D eigenvalue weighted by atomic mass is 35.5. The van der Waals surface area contributed by atoms with Gasteiger partial charge in [0.2, 0.25) is 0 Å². The Labute approximate surface area is 144 Å². The minimum absolute atomic E-state index is 0.0541. The summed E-state index contributed by atoms with van der Waals surface area (Å²) < 4.78 is 4.93. The SMILES string of the molecule is C[C@](C#N)(NC(=O)COC(=O)Cc1ccc(Cl)cc1Cl)C1CC1. The molecule has 23 heavy (non-hydrogen) atoms. The molecule has 0 radical (unpaired) electrons. The number of hydrogen-bond acceptors (Lipinski definition) is 4. The molecule has 122 valence electrons. The third-order valence-electron chi connectivity index (χ3n) is 3.74. The number of carbonyl (C=O) groups is 2. The van der Waals surface area contributed by atoms with Crippen molar-refractivity contribution in [1.29, 1.82) is 5.26 Å². The zero-order chi connectivity index (χ0) is 17.0. The minimum atomic E-state index is -0.900. The zero-order valence-electron chi connectivity index (χ0n) is 12.6. The van der Waals surface area contributed by atoms with Crippen molar-refractivity contribution in [2.24, 2.45) is 5.92 Å². The highest BCUT2D eigenvalue weighted by Gasteiger charge is 2.43. The Hall–Kier alpha value is -1.77. The monoisotopic (exact) mass is 354 g/mol. The Morgan fingerprint density at radius 1 is 1.43 bits per heavy atom. The lowest BCUT2D eigenvalue weighted by Gasteiger charge is -2.22. The van der Waals surface area contributed by atoms with E-state index in [9.17, 15) is 14.9 Å². The minimum Gasteiger partial charge on any atom is -0.455 e. The normalized spacial score (nSPS) is 16.1. The first-order valence-electron chi connectivity index (χ1n) is 7.16. The Bertz CT molecular complexity index is 668. The molecule has 0 aromatic heterocycles. The van der Waals surface area contributed by atoms with Crippen molar-refractivity contribution < 1.29 is 14.3 Å². The summed E-state index contributed by atoms with van der Waals surface area (Å²) in [5.41, 5.74) is -0.329. The van der Waals surface area contributed by atoms with E-state index < -0.39 is 24.0 Å². The standard InChI is InChI=1S/C16H16Cl2N2O3/c1-16(9-19,11-3-4-11)20-14(21)8-23-15(22)6-10-2-5-12(17)7-13(10)18/h2,5,7,11H,3-4,6,8H2,1H3,(H,20,21)/t16-/m1/s1. The van der Waals surface area contributed by atoms with Crippen LogP contribution in [0.2, 0.25) is 10.0 Å². The van der Waals surface area contributed by atoms with Crippen molar-refractivity contribution >= 4 is 35.1 Å². The van der Waals surface area contributed by atoms with Crippen molar-refractivity contribution in [2.45, 2.75) is 31.7 Å². The van der Waals surface area contributed by atoms with Gasteiger partial charge in [-0.1, -0.05) is 29.3 Å². The fourth-order valence-corrected chi connectivity index (χ4v) is 2.70. The lowest BCUT2D eigenvalue weighted by Crippen LogP contribution is -2.48. The number of ether oxygens (including phenoxy) is 1. The van der Waals surface area contributed by atoms with Gasteiger partial charge in [0.25, 0.3) is 5.91 Å². The molecule has 1 aromatic carbocycles. The van der Waals surface area contributed by atoms with Gasteiger partial charge in [0.05, 0.1) is 12.5 Å². The molecular weight excluding hydrogens is 339 g/mol. The van der Waals surface area contributed by atoms with E-state index in [2.05, 4.69) is 11.4 Å². The van der Waals surface area contributed by atoms with Gasteiger partial charge in [-0.15, -0.1) is 0 Å². The van der Waals surface area contributed by atoms with Crippen LogP contribution in [-0.4, -0.2) is 24.0 Å². The molecule has 1 fully saturated rings. The zero-order valence-corrected chi connectivity index (χ0v) is 14.1. The van der Waals surface area contributed by atoms with Crippen molar-refractivity contribution in [2.75, 3.05) is 6.61 Å². The molecule has 0 bridgehead atoms. The molecule has 0 aliphatic heterocycles. The summed E-state index contributed by atoms with van der Waals surface area (Å²) in [6.45, 7) is 1.26. The number of halogens is 2. The predicted molar refractivity (Wildman–Crippen MR) is 86.0 cm³/mol. The molecule has 1 aliphatic rings. The maximum atomic E-state index is 11.8. The van der Waals surface area contributed by atoms with Gasteiger partial charge in [-0.05, 0) is 43.4 Å². The van der Waals surface area contributed by atoms with Crippen molar-refractivity contribution in [3.63, 3.8) is 0 Å². The molecule has 0 unspecified atom stereocenters. The molecule has 7 heteroatoms. The van der Waals surface area contributed by atoms with E-state index in [1.54, 1.807) is 19.1 Å². The highest BCUT2D eigenvalue weighted by molar-refractivity contribution is 6.35. The summed E-state index contributed by atoms with van der Waals surface area (Å²) in [6, 6.07) is 6.90. The number of carbonyl (C=O) groups excluding carboxylic acids is 2. The molecule has 0 heterocycles. The number of amides is 1. The van der Waals surface area contributed by atoms with E-state index in [-0.39, 0.29) is 12.3 Å². The summed E-state index contributed by atoms with van der Waals surface area (Å²) in [4.78, 5) is 23.6. The lowest BCUT2D eigenvalue weighted by atomic mass is 9.98. The number of benzene rings is 1. The lowest BCUT2D eigenvalue weighted by molar-refractivity contribution is -0.148. The quantitative estimate of drug-likeness (QED) is 0.796. The van der Waals surface area contributed by atoms with Crippen LogP contribution in [0.4, 0.5) is 0 Å². The maximum absolute atomic E-state index is 11.8. The summed E-state index contributed by atoms with van der Waals surface area (Å²) in [5.74, 6) is -0.897.